The number of hydrogen-bond donors (Lipinski definition) is 2. The molecule has 0 aliphatic heterocycles. The molecular weight excluding hydrogens is 409 g/mol. The monoisotopic (exact) mass is 429 g/mol. The van der Waals surface area contributed by atoms with E-state index in [9.17, 15) is 47.9 Å². The van der Waals surface area contributed by atoms with Crippen molar-refractivity contribution in [3.8, 4) is 0 Å². The summed E-state index contributed by atoms with van der Waals surface area (Å²) in [5, 5.41) is 0. The molecule has 4 nitrogen and oxygen atoms in total. The molecule has 0 aromatic heterocycles. The highest BCUT2D eigenvalue weighted by molar-refractivity contribution is 7.85. The van der Waals surface area contributed by atoms with Gasteiger partial charge < -0.3 is 6.15 Å². The van der Waals surface area contributed by atoms with E-state index in [4.69, 9.17) is 4.55 Å². The molecule has 14 heteroatoms. The molecule has 0 rings (SSSR count). The largest absolute Gasteiger partial charge is 0.344 e. The van der Waals surface area contributed by atoms with Gasteiger partial charge >= 0.3 is 0 Å². The molecule has 0 saturated heterocycles. The molecule has 0 fully saturated rings. The van der Waals surface area contributed by atoms with E-state index in [1.54, 1.807) is 0 Å². The minimum absolute atomic E-state index is 0. The van der Waals surface area contributed by atoms with E-state index in [0.29, 0.717) is 0 Å². The number of hydrogen-bond acceptors (Lipinski definition) is 3. The van der Waals surface area contributed by atoms with Crippen molar-refractivity contribution in [1.82, 2.24) is 6.15 Å². The van der Waals surface area contributed by atoms with Gasteiger partial charge in [0.1, 0.15) is 11.9 Å². The first-order chi connectivity index (χ1) is 11.3. The summed E-state index contributed by atoms with van der Waals surface area (Å²) in [6.45, 7) is -1.09. The Bertz CT molecular complexity index is 487. The van der Waals surface area contributed by atoms with Crippen LogP contribution in [0.5, 0.6) is 0 Å². The number of alkyl halides is 9. The second-order valence-corrected chi connectivity index (χ2v) is 6.78. The van der Waals surface area contributed by atoms with Crippen LogP contribution in [-0.4, -0.2) is 74.8 Å². The van der Waals surface area contributed by atoms with Crippen molar-refractivity contribution in [3.05, 3.63) is 0 Å². The summed E-state index contributed by atoms with van der Waals surface area (Å²) in [4.78, 5) is 0. The zero-order chi connectivity index (χ0) is 19.9. The molecule has 160 valence electrons. The summed E-state index contributed by atoms with van der Waals surface area (Å²) in [7, 11) is -5.11. The van der Waals surface area contributed by atoms with E-state index in [-0.39, 0.29) is 6.15 Å². The first-order valence-corrected chi connectivity index (χ1v) is 8.58. The number of halogens is 9. The molecule has 0 aromatic rings. The van der Waals surface area contributed by atoms with Gasteiger partial charge in [-0.1, -0.05) is 0 Å². The lowest BCUT2D eigenvalue weighted by Gasteiger charge is -2.26. The Balaban J connectivity index is 0. The van der Waals surface area contributed by atoms with Crippen LogP contribution >= 0.6 is 0 Å². The van der Waals surface area contributed by atoms with Crippen molar-refractivity contribution in [2.24, 2.45) is 0 Å². The molecule has 0 amide bonds. The summed E-state index contributed by atoms with van der Waals surface area (Å²) >= 11 is 0. The van der Waals surface area contributed by atoms with Crippen molar-refractivity contribution in [2.45, 2.75) is 62.2 Å². The SMILES string of the molecule is N.O=S(=O)(O)CC(F)C(F)C(F)C(F)C(F)C(F)C(F)C(F)CCCF. The van der Waals surface area contributed by atoms with Gasteiger partial charge in [0.15, 0.2) is 43.2 Å². The highest BCUT2D eigenvalue weighted by atomic mass is 32.2. The zero-order valence-electron chi connectivity index (χ0n) is 13.2. The summed E-state index contributed by atoms with van der Waals surface area (Å²) in [6, 6.07) is 0. The summed E-state index contributed by atoms with van der Waals surface area (Å²) < 4.78 is 147. The molecule has 26 heavy (non-hydrogen) atoms. The van der Waals surface area contributed by atoms with Crippen molar-refractivity contribution >= 4 is 10.1 Å². The normalized spacial score (nSPS) is 21.6. The van der Waals surface area contributed by atoms with Gasteiger partial charge in [0.2, 0.25) is 0 Å². The maximum Gasteiger partial charge on any atom is 0.267 e. The minimum atomic E-state index is -5.11. The van der Waals surface area contributed by atoms with Crippen molar-refractivity contribution in [3.63, 3.8) is 0 Å². The Morgan fingerprint density at radius 1 is 0.692 bits per heavy atom. The molecule has 0 spiro atoms. The summed E-state index contributed by atoms with van der Waals surface area (Å²) in [5.74, 6) is -1.97. The van der Waals surface area contributed by atoms with E-state index in [1.807, 2.05) is 0 Å². The smallest absolute Gasteiger partial charge is 0.267 e. The maximum atomic E-state index is 13.4. The standard InChI is InChI=1S/C12H17F9O3S.H3N/c13-3-1-2-5(14)7(16)9(18)11(20)12(21)10(19)8(17)6(15)4-25(22,23)24;/h5-12H,1-4H2,(H,22,23,24);1H3. The molecule has 0 bridgehead atoms. The lowest BCUT2D eigenvalue weighted by molar-refractivity contribution is -0.0450. The molecule has 8 unspecified atom stereocenters. The second-order valence-electron chi connectivity index (χ2n) is 5.28. The first-order valence-electron chi connectivity index (χ1n) is 6.97. The van der Waals surface area contributed by atoms with Crippen LogP contribution in [0.4, 0.5) is 39.5 Å². The van der Waals surface area contributed by atoms with Crippen LogP contribution in [0.1, 0.15) is 12.8 Å². The molecule has 0 saturated carbocycles. The van der Waals surface area contributed by atoms with E-state index < -0.39 is 84.8 Å². The van der Waals surface area contributed by atoms with E-state index >= 15 is 0 Å². The van der Waals surface area contributed by atoms with Crippen LogP contribution in [0.2, 0.25) is 0 Å². The fourth-order valence-corrected chi connectivity index (χ4v) is 2.41. The van der Waals surface area contributed by atoms with Crippen LogP contribution in [0.3, 0.4) is 0 Å². The summed E-state index contributed by atoms with van der Waals surface area (Å²) in [5.41, 5.74) is 0. The second kappa shape index (κ2) is 11.8. The molecule has 8 atom stereocenters. The zero-order valence-corrected chi connectivity index (χ0v) is 14.0. The van der Waals surface area contributed by atoms with Crippen LogP contribution < -0.4 is 6.15 Å². The fourth-order valence-electron chi connectivity index (χ4n) is 1.83. The number of rotatable bonds is 12. The van der Waals surface area contributed by atoms with Gasteiger partial charge in [-0.25, -0.2) is 35.1 Å². The Morgan fingerprint density at radius 3 is 1.38 bits per heavy atom. The van der Waals surface area contributed by atoms with Gasteiger partial charge in [0, 0.05) is 0 Å². The van der Waals surface area contributed by atoms with Crippen molar-refractivity contribution in [1.29, 1.82) is 0 Å². The van der Waals surface area contributed by atoms with Gasteiger partial charge in [0.25, 0.3) is 10.1 Å². The predicted octanol–water partition coefficient (Wildman–Crippen LogP) is 3.49. The minimum Gasteiger partial charge on any atom is -0.344 e. The third-order valence-electron chi connectivity index (χ3n) is 3.20. The predicted molar refractivity (Wildman–Crippen MR) is 75.8 cm³/mol. The highest BCUT2D eigenvalue weighted by Gasteiger charge is 2.47. The Kier molecular flexibility index (Phi) is 12.5. The summed E-state index contributed by atoms with van der Waals surface area (Å²) in [6.07, 6.45) is -29.2. The van der Waals surface area contributed by atoms with E-state index in [0.717, 1.165) is 0 Å². The molecule has 0 radical (unpaired) electrons. The quantitative estimate of drug-likeness (QED) is 0.367. The van der Waals surface area contributed by atoms with Crippen LogP contribution in [0, 0.1) is 0 Å². The molecular formula is C12H20F9NO3S. The average Bonchev–Trinajstić information content (AvgIpc) is 2.53. The van der Waals surface area contributed by atoms with Crippen LogP contribution in [0.25, 0.3) is 0 Å². The molecule has 0 aliphatic rings. The lowest BCUT2D eigenvalue weighted by atomic mass is 9.97. The topological polar surface area (TPSA) is 89.4 Å². The third-order valence-corrected chi connectivity index (χ3v) is 3.94. The van der Waals surface area contributed by atoms with Gasteiger partial charge in [-0.2, -0.15) is 8.42 Å². The third kappa shape index (κ3) is 8.75. The molecule has 4 N–H and O–H groups in total. The Morgan fingerprint density at radius 2 is 1.04 bits per heavy atom. The Labute approximate surface area is 144 Å². The lowest BCUT2D eigenvalue weighted by Crippen LogP contribution is -2.47. The first kappa shape index (κ1) is 27.5. The van der Waals surface area contributed by atoms with Crippen LogP contribution in [0.15, 0.2) is 0 Å². The molecule has 0 aromatic carbocycles. The van der Waals surface area contributed by atoms with E-state index in [2.05, 4.69) is 0 Å². The van der Waals surface area contributed by atoms with E-state index in [1.165, 1.54) is 0 Å². The van der Waals surface area contributed by atoms with Gasteiger partial charge in [-0.05, 0) is 12.8 Å². The molecule has 0 aliphatic carbocycles. The fraction of sp³-hybridized carbons (Fsp3) is 1.00. The van der Waals surface area contributed by atoms with Gasteiger partial charge in [0.05, 0.1) is 6.67 Å². The van der Waals surface area contributed by atoms with Gasteiger partial charge in [-0.3, -0.25) is 8.94 Å². The maximum absolute atomic E-state index is 13.4. The van der Waals surface area contributed by atoms with Gasteiger partial charge in [-0.15, -0.1) is 0 Å². The van der Waals surface area contributed by atoms with Crippen molar-refractivity contribution < 1.29 is 52.5 Å². The Hall–Kier alpha value is -0.760. The average molecular weight is 429 g/mol. The molecule has 0 heterocycles. The van der Waals surface area contributed by atoms with Crippen LogP contribution in [-0.2, 0) is 10.1 Å². The van der Waals surface area contributed by atoms with Crippen molar-refractivity contribution in [2.75, 3.05) is 12.4 Å². The highest BCUT2D eigenvalue weighted by Crippen LogP contribution is 2.28.